The summed E-state index contributed by atoms with van der Waals surface area (Å²) >= 11 is 12.5. The number of carbonyl (C=O) groups excluding carboxylic acids is 1. The highest BCUT2D eigenvalue weighted by molar-refractivity contribution is 9.11. The van der Waals surface area contributed by atoms with Crippen LogP contribution in [-0.2, 0) is 0 Å². The number of hydrogen-bond donors (Lipinski definition) is 0. The molecule has 1 aromatic carbocycles. The molecular weight excluding hydrogens is 381 g/mol. The van der Waals surface area contributed by atoms with Crippen LogP contribution in [0.5, 0.6) is 0 Å². The Kier molecular flexibility index (Phi) is 6.67. The van der Waals surface area contributed by atoms with Gasteiger partial charge in [-0.2, -0.15) is 0 Å². The first-order valence-corrected chi connectivity index (χ1v) is 7.90. The number of halogens is 3. The highest BCUT2D eigenvalue weighted by Gasteiger charge is 2.18. The smallest absolute Gasteiger partial charge is 0.254 e. The van der Waals surface area contributed by atoms with Gasteiger partial charge < -0.3 is 4.90 Å². The first-order chi connectivity index (χ1) is 8.45. The van der Waals surface area contributed by atoms with Crippen molar-refractivity contribution >= 4 is 49.4 Å². The number of amides is 1. The average Bonchev–Trinajstić information content (AvgIpc) is 2.27. The van der Waals surface area contributed by atoms with Gasteiger partial charge in [0.1, 0.15) is 0 Å². The van der Waals surface area contributed by atoms with E-state index < -0.39 is 0 Å². The lowest BCUT2D eigenvalue weighted by atomic mass is 10.1. The lowest BCUT2D eigenvalue weighted by Crippen LogP contribution is -2.37. The van der Waals surface area contributed by atoms with Crippen LogP contribution in [0, 0.1) is 0 Å². The second-order valence-corrected chi connectivity index (χ2v) is 6.50. The van der Waals surface area contributed by atoms with Crippen LogP contribution in [0.4, 0.5) is 0 Å². The van der Waals surface area contributed by atoms with Gasteiger partial charge in [0.05, 0.1) is 0 Å². The van der Waals surface area contributed by atoms with Crippen LogP contribution in [0.2, 0.25) is 0 Å². The number of hydrogen-bond acceptors (Lipinski definition) is 1. The Labute approximate surface area is 130 Å². The van der Waals surface area contributed by atoms with Gasteiger partial charge in [0.25, 0.3) is 5.91 Å². The molecule has 1 amide bonds. The van der Waals surface area contributed by atoms with Crippen molar-refractivity contribution in [2.24, 2.45) is 0 Å². The van der Waals surface area contributed by atoms with E-state index in [0.29, 0.717) is 18.0 Å². The third-order valence-electron chi connectivity index (χ3n) is 2.53. The summed E-state index contributed by atoms with van der Waals surface area (Å²) in [5.74, 6) is 0.607. The highest BCUT2D eigenvalue weighted by Crippen LogP contribution is 2.21. The van der Waals surface area contributed by atoms with E-state index in [4.69, 9.17) is 11.6 Å². The van der Waals surface area contributed by atoms with Crippen molar-refractivity contribution in [3.63, 3.8) is 0 Å². The molecule has 0 radical (unpaired) electrons. The lowest BCUT2D eigenvalue weighted by molar-refractivity contribution is 0.0706. The van der Waals surface area contributed by atoms with Crippen LogP contribution in [0.1, 0.15) is 30.6 Å². The molecule has 100 valence electrons. The number of rotatable bonds is 5. The van der Waals surface area contributed by atoms with Crippen molar-refractivity contribution in [1.29, 1.82) is 0 Å². The zero-order valence-electron chi connectivity index (χ0n) is 10.4. The molecular formula is C13H16Br2ClNO. The number of carbonyl (C=O) groups is 1. The normalized spacial score (nSPS) is 10.8. The topological polar surface area (TPSA) is 20.3 Å². The van der Waals surface area contributed by atoms with Crippen LogP contribution in [0.15, 0.2) is 27.1 Å². The summed E-state index contributed by atoms with van der Waals surface area (Å²) in [6.45, 7) is 4.71. The van der Waals surface area contributed by atoms with Gasteiger partial charge in [-0.05, 0) is 38.5 Å². The highest BCUT2D eigenvalue weighted by atomic mass is 79.9. The van der Waals surface area contributed by atoms with E-state index in [1.807, 2.05) is 36.9 Å². The fraction of sp³-hybridized carbons (Fsp3) is 0.462. The molecule has 5 heteroatoms. The first kappa shape index (κ1) is 16.0. The Balaban J connectivity index is 2.94. The molecule has 2 nitrogen and oxygen atoms in total. The Bertz CT molecular complexity index is 403. The molecule has 0 aliphatic heterocycles. The van der Waals surface area contributed by atoms with Crippen molar-refractivity contribution in [2.75, 3.05) is 12.4 Å². The third-order valence-corrected chi connectivity index (χ3v) is 3.71. The summed E-state index contributed by atoms with van der Waals surface area (Å²) in [4.78, 5) is 14.3. The van der Waals surface area contributed by atoms with Crippen molar-refractivity contribution < 1.29 is 4.79 Å². The molecule has 0 aliphatic rings. The molecule has 0 aliphatic carbocycles. The lowest BCUT2D eigenvalue weighted by Gasteiger charge is -2.26. The Morgan fingerprint density at radius 1 is 1.28 bits per heavy atom. The minimum atomic E-state index is 0.0390. The van der Waals surface area contributed by atoms with E-state index in [-0.39, 0.29) is 11.9 Å². The standard InChI is InChI=1S/C13H16Br2ClNO/c1-9(2)17(5-3-4-16)13(18)10-6-11(14)8-12(15)7-10/h6-9H,3-5H2,1-2H3. The molecule has 1 rings (SSSR count). The molecule has 0 atom stereocenters. The van der Waals surface area contributed by atoms with Gasteiger partial charge in [0.15, 0.2) is 0 Å². The van der Waals surface area contributed by atoms with Gasteiger partial charge >= 0.3 is 0 Å². The molecule has 0 spiro atoms. The largest absolute Gasteiger partial charge is 0.336 e. The number of benzene rings is 1. The van der Waals surface area contributed by atoms with Crippen molar-refractivity contribution in [1.82, 2.24) is 4.90 Å². The van der Waals surface area contributed by atoms with Gasteiger partial charge in [-0.1, -0.05) is 31.9 Å². The number of alkyl halides is 1. The van der Waals surface area contributed by atoms with Crippen molar-refractivity contribution in [3.8, 4) is 0 Å². The second-order valence-electron chi connectivity index (χ2n) is 4.29. The first-order valence-electron chi connectivity index (χ1n) is 5.78. The summed E-state index contributed by atoms with van der Waals surface area (Å²) in [7, 11) is 0. The Hall–Kier alpha value is -0.0600. The van der Waals surface area contributed by atoms with E-state index in [0.717, 1.165) is 15.4 Å². The molecule has 0 aromatic heterocycles. The van der Waals surface area contributed by atoms with Crippen LogP contribution in [-0.4, -0.2) is 29.3 Å². The molecule has 0 bridgehead atoms. The Morgan fingerprint density at radius 3 is 2.28 bits per heavy atom. The summed E-state index contributed by atoms with van der Waals surface area (Å²) in [5.41, 5.74) is 0.680. The van der Waals surface area contributed by atoms with E-state index in [1.54, 1.807) is 0 Å². The van der Waals surface area contributed by atoms with Gasteiger partial charge in [-0.3, -0.25) is 4.79 Å². The molecule has 0 unspecified atom stereocenters. The zero-order valence-corrected chi connectivity index (χ0v) is 14.3. The fourth-order valence-electron chi connectivity index (χ4n) is 1.67. The minimum Gasteiger partial charge on any atom is -0.336 e. The maximum Gasteiger partial charge on any atom is 0.254 e. The number of nitrogens with zero attached hydrogens (tertiary/aromatic N) is 1. The minimum absolute atomic E-state index is 0.0390. The molecule has 0 saturated carbocycles. The quantitative estimate of drug-likeness (QED) is 0.660. The summed E-state index contributed by atoms with van der Waals surface area (Å²) in [6, 6.07) is 5.75. The van der Waals surface area contributed by atoms with Crippen LogP contribution >= 0.6 is 43.5 Å². The van der Waals surface area contributed by atoms with E-state index in [9.17, 15) is 4.79 Å². The fourth-order valence-corrected chi connectivity index (χ4v) is 3.08. The third kappa shape index (κ3) is 4.56. The summed E-state index contributed by atoms with van der Waals surface area (Å²) in [6.07, 6.45) is 0.806. The molecule has 0 fully saturated rings. The summed E-state index contributed by atoms with van der Waals surface area (Å²) < 4.78 is 1.78. The molecule has 0 N–H and O–H groups in total. The zero-order chi connectivity index (χ0) is 13.7. The van der Waals surface area contributed by atoms with Gasteiger partial charge in [-0.25, -0.2) is 0 Å². The maximum atomic E-state index is 12.4. The Morgan fingerprint density at radius 2 is 1.83 bits per heavy atom. The van der Waals surface area contributed by atoms with E-state index in [2.05, 4.69) is 31.9 Å². The SMILES string of the molecule is CC(C)N(CCCCl)C(=O)c1cc(Br)cc(Br)c1. The van der Waals surface area contributed by atoms with E-state index >= 15 is 0 Å². The van der Waals surface area contributed by atoms with Gasteiger partial charge in [-0.15, -0.1) is 11.6 Å². The van der Waals surface area contributed by atoms with Gasteiger partial charge in [0.2, 0.25) is 0 Å². The predicted octanol–water partition coefficient (Wildman–Crippen LogP) is 4.69. The molecule has 1 aromatic rings. The van der Waals surface area contributed by atoms with E-state index in [1.165, 1.54) is 0 Å². The van der Waals surface area contributed by atoms with Crippen LogP contribution < -0.4 is 0 Å². The van der Waals surface area contributed by atoms with Gasteiger partial charge in [0, 0.05) is 33.0 Å². The van der Waals surface area contributed by atoms with Crippen molar-refractivity contribution in [3.05, 3.63) is 32.7 Å². The van der Waals surface area contributed by atoms with Crippen LogP contribution in [0.3, 0.4) is 0 Å². The molecule has 0 heterocycles. The van der Waals surface area contributed by atoms with Crippen LogP contribution in [0.25, 0.3) is 0 Å². The monoisotopic (exact) mass is 395 g/mol. The van der Waals surface area contributed by atoms with Crippen molar-refractivity contribution in [2.45, 2.75) is 26.3 Å². The predicted molar refractivity (Wildman–Crippen MR) is 83.4 cm³/mol. The average molecular weight is 398 g/mol. The second kappa shape index (κ2) is 7.51. The molecule has 0 saturated heterocycles. The summed E-state index contributed by atoms with van der Waals surface area (Å²) in [5, 5.41) is 0. The molecule has 18 heavy (non-hydrogen) atoms. The maximum absolute atomic E-state index is 12.4.